The van der Waals surface area contributed by atoms with E-state index in [1.165, 1.54) is 0 Å². The summed E-state index contributed by atoms with van der Waals surface area (Å²) < 4.78 is 36.0. The fourth-order valence-corrected chi connectivity index (χ4v) is 3.52. The van der Waals surface area contributed by atoms with Crippen LogP contribution < -0.4 is 5.32 Å². The molecule has 114 valence electrons. The Bertz CT molecular complexity index is 513. The van der Waals surface area contributed by atoms with Gasteiger partial charge in [-0.2, -0.15) is 13.2 Å². The second kappa shape index (κ2) is 4.57. The minimum atomic E-state index is -4.52. The zero-order valence-electron chi connectivity index (χ0n) is 10.9. The van der Waals surface area contributed by atoms with Crippen molar-refractivity contribution in [1.82, 2.24) is 10.2 Å². The third-order valence-corrected chi connectivity index (χ3v) is 4.35. The van der Waals surface area contributed by atoms with Gasteiger partial charge in [0, 0.05) is 0 Å². The third-order valence-electron chi connectivity index (χ3n) is 4.35. The van der Waals surface area contributed by atoms with Gasteiger partial charge in [0.15, 0.2) is 0 Å². The van der Waals surface area contributed by atoms with Gasteiger partial charge in [-0.1, -0.05) is 12.2 Å². The Morgan fingerprint density at radius 2 is 1.71 bits per heavy atom. The predicted molar refractivity (Wildman–Crippen MR) is 63.5 cm³/mol. The van der Waals surface area contributed by atoms with E-state index < -0.39 is 48.8 Å². The number of carbonyl (C=O) groups excluding carboxylic acids is 3. The Kier molecular flexibility index (Phi) is 3.07. The van der Waals surface area contributed by atoms with Gasteiger partial charge in [-0.3, -0.25) is 19.3 Å². The lowest BCUT2D eigenvalue weighted by Gasteiger charge is -2.17. The van der Waals surface area contributed by atoms with Gasteiger partial charge in [0.2, 0.25) is 17.7 Å². The molecule has 21 heavy (non-hydrogen) atoms. The van der Waals surface area contributed by atoms with Crippen molar-refractivity contribution in [2.75, 3.05) is 13.1 Å². The average molecular weight is 302 g/mol. The monoisotopic (exact) mass is 302 g/mol. The van der Waals surface area contributed by atoms with Gasteiger partial charge >= 0.3 is 6.18 Å². The Labute approximate surface area is 118 Å². The number of hydrogen-bond donors (Lipinski definition) is 1. The molecule has 0 radical (unpaired) electrons. The summed E-state index contributed by atoms with van der Waals surface area (Å²) in [6, 6.07) is 0. The molecule has 0 aromatic heterocycles. The number of halogens is 3. The number of nitrogens with one attached hydrogen (secondary N) is 1. The van der Waals surface area contributed by atoms with Crippen LogP contribution in [0, 0.1) is 23.7 Å². The molecule has 1 saturated carbocycles. The van der Waals surface area contributed by atoms with Crippen LogP contribution in [0.1, 0.15) is 6.42 Å². The molecule has 0 spiro atoms. The molecule has 2 bridgehead atoms. The quantitative estimate of drug-likeness (QED) is 0.609. The van der Waals surface area contributed by atoms with Gasteiger partial charge in [0.1, 0.15) is 13.1 Å². The molecular formula is C13H13F3N2O3. The number of imide groups is 1. The van der Waals surface area contributed by atoms with Crippen LogP contribution in [0.3, 0.4) is 0 Å². The second-order valence-corrected chi connectivity index (χ2v) is 5.65. The number of alkyl halides is 3. The summed E-state index contributed by atoms with van der Waals surface area (Å²) in [5, 5.41) is 1.67. The van der Waals surface area contributed by atoms with Crippen LogP contribution in [0.25, 0.3) is 0 Å². The van der Waals surface area contributed by atoms with Crippen molar-refractivity contribution in [3.63, 3.8) is 0 Å². The molecule has 1 N–H and O–H groups in total. The number of hydrogen-bond acceptors (Lipinski definition) is 3. The molecule has 1 heterocycles. The molecule has 3 rings (SSSR count). The molecule has 0 aromatic carbocycles. The van der Waals surface area contributed by atoms with Crippen molar-refractivity contribution in [2.24, 2.45) is 23.7 Å². The van der Waals surface area contributed by atoms with Crippen molar-refractivity contribution in [3.8, 4) is 0 Å². The average Bonchev–Trinajstić information content (AvgIpc) is 3.05. The highest BCUT2D eigenvalue weighted by Crippen LogP contribution is 2.52. The zero-order valence-corrected chi connectivity index (χ0v) is 10.9. The number of likely N-dealkylation sites (tertiary alicyclic amines) is 1. The molecular weight excluding hydrogens is 289 g/mol. The van der Waals surface area contributed by atoms with Crippen molar-refractivity contribution >= 4 is 17.7 Å². The zero-order chi connectivity index (χ0) is 15.4. The van der Waals surface area contributed by atoms with Crippen LogP contribution in [-0.2, 0) is 14.4 Å². The molecule has 8 heteroatoms. The van der Waals surface area contributed by atoms with Crippen molar-refractivity contribution in [2.45, 2.75) is 12.6 Å². The van der Waals surface area contributed by atoms with E-state index in [1.54, 1.807) is 5.32 Å². The maximum atomic E-state index is 12.2. The lowest BCUT2D eigenvalue weighted by Crippen LogP contribution is -2.44. The first kappa shape index (κ1) is 14.1. The van der Waals surface area contributed by atoms with Crippen LogP contribution in [0.4, 0.5) is 13.2 Å². The van der Waals surface area contributed by atoms with Gasteiger partial charge in [0.25, 0.3) is 0 Å². The summed E-state index contributed by atoms with van der Waals surface area (Å²) >= 11 is 0. The maximum Gasteiger partial charge on any atom is 0.405 e. The first-order chi connectivity index (χ1) is 9.78. The number of amides is 3. The predicted octanol–water partition coefficient (Wildman–Crippen LogP) is 0.472. The van der Waals surface area contributed by atoms with Gasteiger partial charge in [-0.25, -0.2) is 0 Å². The van der Waals surface area contributed by atoms with E-state index in [2.05, 4.69) is 0 Å². The summed E-state index contributed by atoms with van der Waals surface area (Å²) in [5.41, 5.74) is 0. The number of rotatable bonds is 3. The Balaban J connectivity index is 1.64. The summed E-state index contributed by atoms with van der Waals surface area (Å²) in [5.74, 6) is -2.72. The van der Waals surface area contributed by atoms with E-state index in [-0.39, 0.29) is 11.8 Å². The highest BCUT2D eigenvalue weighted by molar-refractivity contribution is 6.08. The second-order valence-electron chi connectivity index (χ2n) is 5.65. The number of allylic oxidation sites excluding steroid dienone is 2. The minimum Gasteiger partial charge on any atom is -0.345 e. The highest BCUT2D eigenvalue weighted by atomic mass is 19.4. The third kappa shape index (κ3) is 2.32. The number of carbonyl (C=O) groups is 3. The van der Waals surface area contributed by atoms with Crippen LogP contribution in [-0.4, -0.2) is 41.9 Å². The van der Waals surface area contributed by atoms with E-state index in [0.717, 1.165) is 11.3 Å². The van der Waals surface area contributed by atoms with Crippen LogP contribution in [0.15, 0.2) is 12.2 Å². The normalized spacial score (nSPS) is 33.8. The van der Waals surface area contributed by atoms with Crippen LogP contribution in [0.2, 0.25) is 0 Å². The lowest BCUT2D eigenvalue weighted by atomic mass is 9.85. The van der Waals surface area contributed by atoms with Crippen molar-refractivity contribution in [3.05, 3.63) is 12.2 Å². The molecule has 2 aliphatic carbocycles. The number of nitrogens with zero attached hydrogens (tertiary/aromatic N) is 1. The first-order valence-electron chi connectivity index (χ1n) is 6.65. The van der Waals surface area contributed by atoms with E-state index in [1.807, 2.05) is 12.2 Å². The summed E-state index contributed by atoms with van der Waals surface area (Å²) in [4.78, 5) is 36.6. The van der Waals surface area contributed by atoms with E-state index in [0.29, 0.717) is 0 Å². The van der Waals surface area contributed by atoms with Gasteiger partial charge in [-0.15, -0.1) is 0 Å². The van der Waals surface area contributed by atoms with E-state index in [4.69, 9.17) is 0 Å². The molecule has 3 amide bonds. The summed E-state index contributed by atoms with van der Waals surface area (Å²) in [6.07, 6.45) is 0.0591. The maximum absolute atomic E-state index is 12.2. The van der Waals surface area contributed by atoms with Crippen molar-refractivity contribution < 1.29 is 27.6 Å². The van der Waals surface area contributed by atoms with E-state index in [9.17, 15) is 27.6 Å². The Morgan fingerprint density at radius 1 is 1.19 bits per heavy atom. The largest absolute Gasteiger partial charge is 0.405 e. The molecule has 2 fully saturated rings. The lowest BCUT2D eigenvalue weighted by molar-refractivity contribution is -0.146. The molecule has 4 atom stereocenters. The van der Waals surface area contributed by atoms with Gasteiger partial charge in [-0.05, 0) is 18.3 Å². The first-order valence-corrected chi connectivity index (χ1v) is 6.65. The smallest absolute Gasteiger partial charge is 0.345 e. The van der Waals surface area contributed by atoms with E-state index >= 15 is 0 Å². The number of fused-ring (bicyclic) bond motifs is 5. The van der Waals surface area contributed by atoms with Crippen molar-refractivity contribution in [1.29, 1.82) is 0 Å². The molecule has 3 aliphatic rings. The molecule has 1 saturated heterocycles. The molecule has 1 aliphatic heterocycles. The molecule has 5 nitrogen and oxygen atoms in total. The molecule has 0 aromatic rings. The van der Waals surface area contributed by atoms with Crippen LogP contribution in [0.5, 0.6) is 0 Å². The summed E-state index contributed by atoms with van der Waals surface area (Å²) in [7, 11) is 0. The Morgan fingerprint density at radius 3 is 2.19 bits per heavy atom. The molecule has 4 unspecified atom stereocenters. The SMILES string of the molecule is O=C(CN1C(=O)C2C3C=CC(C3)C2C1=O)NCC(F)(F)F. The fraction of sp³-hybridized carbons (Fsp3) is 0.615. The highest BCUT2D eigenvalue weighted by Gasteiger charge is 2.59. The Hall–Kier alpha value is -1.86. The van der Waals surface area contributed by atoms with Gasteiger partial charge < -0.3 is 5.32 Å². The summed E-state index contributed by atoms with van der Waals surface area (Å²) in [6.45, 7) is -2.11. The van der Waals surface area contributed by atoms with Crippen LogP contribution >= 0.6 is 0 Å². The fourth-order valence-electron chi connectivity index (χ4n) is 3.52. The van der Waals surface area contributed by atoms with Gasteiger partial charge in [0.05, 0.1) is 11.8 Å². The topological polar surface area (TPSA) is 66.5 Å². The minimum absolute atomic E-state index is 0.0136. The standard InChI is InChI=1S/C13H13F3N2O3/c14-13(15,16)5-17-8(19)4-18-11(20)9-6-1-2-7(3-6)10(9)12(18)21/h1-2,6-7,9-10H,3-5H2,(H,17,19).